The summed E-state index contributed by atoms with van der Waals surface area (Å²) < 4.78 is 29.1. The molecule has 0 radical (unpaired) electrons. The molecule has 7 heteroatoms. The lowest BCUT2D eigenvalue weighted by molar-refractivity contribution is 0.304. The maximum Gasteiger partial charge on any atom is 0.257 e. The first kappa shape index (κ1) is 17.1. The molecule has 0 bridgehead atoms. The van der Waals surface area contributed by atoms with Gasteiger partial charge in [-0.15, -0.1) is 0 Å². The maximum absolute atomic E-state index is 12.5. The van der Waals surface area contributed by atoms with Crippen molar-refractivity contribution in [2.75, 3.05) is 13.1 Å². The Hall–Kier alpha value is -1.70. The molecule has 0 unspecified atom stereocenters. The molecule has 1 aromatic carbocycles. The second-order valence-corrected chi connectivity index (χ2v) is 8.13. The van der Waals surface area contributed by atoms with Gasteiger partial charge in [-0.3, -0.25) is 9.58 Å². The molecular formula is C17H24N4O2S. The Kier molecular flexibility index (Phi) is 5.03. The van der Waals surface area contributed by atoms with Gasteiger partial charge >= 0.3 is 0 Å². The van der Waals surface area contributed by atoms with Gasteiger partial charge < -0.3 is 0 Å². The molecular weight excluding hydrogens is 324 g/mol. The van der Waals surface area contributed by atoms with Crippen molar-refractivity contribution in [1.82, 2.24) is 19.4 Å². The van der Waals surface area contributed by atoms with Crippen LogP contribution in [-0.2, 0) is 23.6 Å². The summed E-state index contributed by atoms with van der Waals surface area (Å²) in [6, 6.07) is 11.8. The van der Waals surface area contributed by atoms with Gasteiger partial charge in [-0.2, -0.15) is 5.10 Å². The second-order valence-electron chi connectivity index (χ2n) is 6.47. The summed E-state index contributed by atoms with van der Waals surface area (Å²) in [6.07, 6.45) is 2.50. The molecule has 1 N–H and O–H groups in total. The Labute approximate surface area is 143 Å². The third-order valence-electron chi connectivity index (χ3n) is 4.66. The molecule has 2 atom stereocenters. The Morgan fingerprint density at radius 1 is 1.29 bits per heavy atom. The molecule has 1 aliphatic heterocycles. The van der Waals surface area contributed by atoms with E-state index in [0.717, 1.165) is 26.1 Å². The van der Waals surface area contributed by atoms with Crippen LogP contribution in [0.4, 0.5) is 0 Å². The van der Waals surface area contributed by atoms with Crippen LogP contribution < -0.4 is 4.72 Å². The predicted molar refractivity (Wildman–Crippen MR) is 92.8 cm³/mol. The van der Waals surface area contributed by atoms with Crippen LogP contribution in [0.3, 0.4) is 0 Å². The summed E-state index contributed by atoms with van der Waals surface area (Å²) in [5, 5.41) is 4.14. The summed E-state index contributed by atoms with van der Waals surface area (Å²) >= 11 is 0. The minimum Gasteiger partial charge on any atom is -0.299 e. The van der Waals surface area contributed by atoms with E-state index in [1.165, 1.54) is 22.5 Å². The van der Waals surface area contributed by atoms with Crippen LogP contribution in [0.5, 0.6) is 0 Å². The van der Waals surface area contributed by atoms with Gasteiger partial charge in [-0.25, -0.2) is 13.1 Å². The molecule has 1 saturated heterocycles. The van der Waals surface area contributed by atoms with Crippen LogP contribution in [0, 0.1) is 5.92 Å². The number of benzene rings is 1. The molecule has 2 heterocycles. The van der Waals surface area contributed by atoms with E-state index in [-0.39, 0.29) is 11.1 Å². The highest BCUT2D eigenvalue weighted by atomic mass is 32.2. The zero-order valence-corrected chi connectivity index (χ0v) is 14.9. The number of rotatable bonds is 6. The van der Waals surface area contributed by atoms with Gasteiger partial charge in [0.15, 0.2) is 5.03 Å². The summed E-state index contributed by atoms with van der Waals surface area (Å²) in [6.45, 7) is 4.77. The van der Waals surface area contributed by atoms with Crippen molar-refractivity contribution in [2.24, 2.45) is 13.0 Å². The molecule has 2 aromatic rings. The van der Waals surface area contributed by atoms with E-state index in [4.69, 9.17) is 0 Å². The topological polar surface area (TPSA) is 67.2 Å². The smallest absolute Gasteiger partial charge is 0.257 e. The zero-order valence-electron chi connectivity index (χ0n) is 14.1. The number of hydrogen-bond acceptors (Lipinski definition) is 4. The monoisotopic (exact) mass is 348 g/mol. The second kappa shape index (κ2) is 7.04. The quantitative estimate of drug-likeness (QED) is 0.861. The Morgan fingerprint density at radius 3 is 2.71 bits per heavy atom. The molecule has 0 saturated carbocycles. The largest absolute Gasteiger partial charge is 0.299 e. The van der Waals surface area contributed by atoms with Crippen LogP contribution in [-0.4, -0.2) is 42.2 Å². The number of hydrogen-bond donors (Lipinski definition) is 1. The Morgan fingerprint density at radius 2 is 2.04 bits per heavy atom. The molecule has 0 spiro atoms. The van der Waals surface area contributed by atoms with Crippen molar-refractivity contribution in [3.63, 3.8) is 0 Å². The van der Waals surface area contributed by atoms with Crippen LogP contribution in [0.2, 0.25) is 0 Å². The first-order chi connectivity index (χ1) is 11.5. The standard InChI is InChI=1S/C17H24N4O2S/c1-14(19-24(22,23)17-8-10-18-20(17)2)16-9-11-21(13-16)12-15-6-4-3-5-7-15/h3-8,10,14,16,19H,9,11-13H2,1-2H3/t14-,16+/m0/s1. The highest BCUT2D eigenvalue weighted by Crippen LogP contribution is 2.22. The van der Waals surface area contributed by atoms with E-state index >= 15 is 0 Å². The normalized spacial score (nSPS) is 20.3. The summed E-state index contributed by atoms with van der Waals surface area (Å²) in [5.41, 5.74) is 1.29. The van der Waals surface area contributed by atoms with Crippen molar-refractivity contribution < 1.29 is 8.42 Å². The lowest BCUT2D eigenvalue weighted by Crippen LogP contribution is -2.39. The van der Waals surface area contributed by atoms with Crippen molar-refractivity contribution in [2.45, 2.75) is 31.0 Å². The Bertz CT molecular complexity index is 773. The van der Waals surface area contributed by atoms with Gasteiger partial charge in [-0.1, -0.05) is 30.3 Å². The number of likely N-dealkylation sites (tertiary alicyclic amines) is 1. The molecule has 1 aliphatic rings. The molecule has 6 nitrogen and oxygen atoms in total. The maximum atomic E-state index is 12.5. The van der Waals surface area contributed by atoms with E-state index in [2.05, 4.69) is 26.9 Å². The van der Waals surface area contributed by atoms with Gasteiger partial charge in [0.1, 0.15) is 0 Å². The van der Waals surface area contributed by atoms with Gasteiger partial charge in [0.2, 0.25) is 0 Å². The van der Waals surface area contributed by atoms with E-state index in [0.29, 0.717) is 5.92 Å². The van der Waals surface area contributed by atoms with Crippen molar-refractivity contribution in [1.29, 1.82) is 0 Å². The zero-order chi connectivity index (χ0) is 17.2. The minimum atomic E-state index is -3.53. The third-order valence-corrected chi connectivity index (χ3v) is 6.29. The number of nitrogens with one attached hydrogen (secondary N) is 1. The average molecular weight is 348 g/mol. The average Bonchev–Trinajstić information content (AvgIpc) is 3.17. The molecule has 1 aromatic heterocycles. The fourth-order valence-corrected chi connectivity index (χ4v) is 4.72. The van der Waals surface area contributed by atoms with Crippen molar-refractivity contribution in [3.05, 3.63) is 48.2 Å². The summed E-state index contributed by atoms with van der Waals surface area (Å²) in [4.78, 5) is 2.38. The highest BCUT2D eigenvalue weighted by Gasteiger charge is 2.30. The van der Waals surface area contributed by atoms with E-state index in [1.54, 1.807) is 7.05 Å². The fourth-order valence-electron chi connectivity index (χ4n) is 3.28. The van der Waals surface area contributed by atoms with Crippen molar-refractivity contribution >= 4 is 10.0 Å². The Balaban J connectivity index is 1.59. The van der Waals surface area contributed by atoms with Crippen LogP contribution >= 0.6 is 0 Å². The lowest BCUT2D eigenvalue weighted by Gasteiger charge is -2.21. The molecule has 0 amide bonds. The number of aromatic nitrogens is 2. The van der Waals surface area contributed by atoms with E-state index < -0.39 is 10.0 Å². The third kappa shape index (κ3) is 3.85. The number of sulfonamides is 1. The summed E-state index contributed by atoms with van der Waals surface area (Å²) in [5.74, 6) is 0.316. The van der Waals surface area contributed by atoms with Gasteiger partial charge in [0, 0.05) is 26.2 Å². The molecule has 0 aliphatic carbocycles. The first-order valence-corrected chi connectivity index (χ1v) is 9.70. The fraction of sp³-hybridized carbons (Fsp3) is 0.471. The number of aryl methyl sites for hydroxylation is 1. The van der Waals surface area contributed by atoms with Crippen LogP contribution in [0.15, 0.2) is 47.6 Å². The van der Waals surface area contributed by atoms with Gasteiger partial charge in [0.05, 0.1) is 6.20 Å². The molecule has 130 valence electrons. The molecule has 24 heavy (non-hydrogen) atoms. The first-order valence-electron chi connectivity index (χ1n) is 8.22. The summed E-state index contributed by atoms with van der Waals surface area (Å²) in [7, 11) is -1.89. The SMILES string of the molecule is C[C@H](NS(=O)(=O)c1ccnn1C)[C@@H]1CCN(Cc2ccccc2)C1. The highest BCUT2D eigenvalue weighted by molar-refractivity contribution is 7.89. The lowest BCUT2D eigenvalue weighted by atomic mass is 10.0. The van der Waals surface area contributed by atoms with E-state index in [9.17, 15) is 8.42 Å². The van der Waals surface area contributed by atoms with E-state index in [1.807, 2.05) is 25.1 Å². The van der Waals surface area contributed by atoms with Crippen LogP contribution in [0.25, 0.3) is 0 Å². The molecule has 3 rings (SSSR count). The predicted octanol–water partition coefficient (Wildman–Crippen LogP) is 1.61. The van der Waals surface area contributed by atoms with Gasteiger partial charge in [0.25, 0.3) is 10.0 Å². The number of nitrogens with zero attached hydrogens (tertiary/aromatic N) is 3. The molecule has 1 fully saturated rings. The minimum absolute atomic E-state index is 0.106. The van der Waals surface area contributed by atoms with Crippen molar-refractivity contribution in [3.8, 4) is 0 Å². The van der Waals surface area contributed by atoms with Gasteiger partial charge in [-0.05, 0) is 37.4 Å². The van der Waals surface area contributed by atoms with Crippen LogP contribution in [0.1, 0.15) is 18.9 Å².